The first kappa shape index (κ1) is 21.1. The highest BCUT2D eigenvalue weighted by atomic mass is 35.5. The van der Waals surface area contributed by atoms with Crippen molar-refractivity contribution in [1.82, 2.24) is 15.4 Å². The summed E-state index contributed by atoms with van der Waals surface area (Å²) in [6.45, 7) is 2.51. The number of hydrazine groups is 1. The van der Waals surface area contributed by atoms with Crippen LogP contribution in [0.2, 0.25) is 5.02 Å². The first-order chi connectivity index (χ1) is 14.5. The van der Waals surface area contributed by atoms with Crippen molar-refractivity contribution < 1.29 is 14.3 Å². The summed E-state index contributed by atoms with van der Waals surface area (Å²) in [5.41, 5.74) is 5.85. The van der Waals surface area contributed by atoms with E-state index in [0.29, 0.717) is 22.9 Å². The third kappa shape index (κ3) is 5.27. The van der Waals surface area contributed by atoms with Crippen LogP contribution in [0.5, 0.6) is 5.75 Å². The van der Waals surface area contributed by atoms with E-state index in [1.807, 2.05) is 6.92 Å². The lowest BCUT2D eigenvalue weighted by Gasteiger charge is -2.12. The lowest BCUT2D eigenvalue weighted by molar-refractivity contribution is 0.0844. The summed E-state index contributed by atoms with van der Waals surface area (Å²) in [4.78, 5) is 37.0. The second kappa shape index (κ2) is 9.76. The number of benzene rings is 2. The second-order valence-corrected chi connectivity index (χ2v) is 6.78. The van der Waals surface area contributed by atoms with Crippen LogP contribution in [0.3, 0.4) is 0 Å². The summed E-state index contributed by atoms with van der Waals surface area (Å²) in [5, 5.41) is 0.598. The van der Waals surface area contributed by atoms with E-state index in [0.717, 1.165) is 5.56 Å². The van der Waals surface area contributed by atoms with Gasteiger partial charge in [-0.05, 0) is 42.8 Å². The molecule has 154 valence electrons. The molecule has 0 spiro atoms. The fraction of sp³-hybridized carbons (Fsp3) is 0.136. The number of carbonyl (C=O) groups is 2. The van der Waals surface area contributed by atoms with E-state index >= 15 is 0 Å². The maximum absolute atomic E-state index is 12.5. The van der Waals surface area contributed by atoms with Crippen molar-refractivity contribution in [3.8, 4) is 5.75 Å². The molecule has 3 rings (SSSR count). The van der Waals surface area contributed by atoms with E-state index in [1.54, 1.807) is 48.5 Å². The Morgan fingerprint density at radius 2 is 1.67 bits per heavy atom. The minimum absolute atomic E-state index is 0.224. The second-order valence-electron chi connectivity index (χ2n) is 6.35. The number of hydrogen-bond acceptors (Lipinski definition) is 4. The van der Waals surface area contributed by atoms with Crippen molar-refractivity contribution in [2.24, 2.45) is 0 Å². The maximum Gasteiger partial charge on any atom is 0.273 e. The van der Waals surface area contributed by atoms with E-state index in [2.05, 4.69) is 10.9 Å². The maximum atomic E-state index is 12.5. The predicted molar refractivity (Wildman–Crippen MR) is 114 cm³/mol. The van der Waals surface area contributed by atoms with Crippen LogP contribution in [-0.2, 0) is 6.54 Å². The summed E-state index contributed by atoms with van der Waals surface area (Å²) in [6.07, 6.45) is 1.44. The zero-order valence-corrected chi connectivity index (χ0v) is 17.0. The number of nitrogens with one attached hydrogen (secondary N) is 2. The average Bonchev–Trinajstić information content (AvgIpc) is 2.75. The summed E-state index contributed by atoms with van der Waals surface area (Å²) < 4.78 is 6.83. The smallest absolute Gasteiger partial charge is 0.273 e. The number of amides is 2. The molecule has 2 aromatic carbocycles. The molecule has 0 saturated heterocycles. The van der Waals surface area contributed by atoms with Gasteiger partial charge in [0.25, 0.3) is 17.4 Å². The molecule has 2 N–H and O–H groups in total. The Balaban J connectivity index is 1.69. The lowest BCUT2D eigenvalue weighted by atomic mass is 10.2. The van der Waals surface area contributed by atoms with Gasteiger partial charge in [-0.1, -0.05) is 35.9 Å². The molecule has 0 aliphatic heterocycles. The summed E-state index contributed by atoms with van der Waals surface area (Å²) in [7, 11) is 0. The molecular weight excluding hydrogens is 406 g/mol. The molecular formula is C22H20ClN3O4. The van der Waals surface area contributed by atoms with Crippen molar-refractivity contribution in [1.29, 1.82) is 0 Å². The van der Waals surface area contributed by atoms with Crippen LogP contribution in [0, 0.1) is 0 Å². The minimum Gasteiger partial charge on any atom is -0.493 e. The molecule has 0 radical (unpaired) electrons. The Morgan fingerprint density at radius 1 is 0.967 bits per heavy atom. The summed E-state index contributed by atoms with van der Waals surface area (Å²) in [5.74, 6) is -0.646. The Bertz CT molecular complexity index is 1110. The molecule has 0 atom stereocenters. The van der Waals surface area contributed by atoms with Gasteiger partial charge < -0.3 is 9.30 Å². The van der Waals surface area contributed by atoms with E-state index < -0.39 is 11.8 Å². The number of nitrogens with zero attached hydrogens (tertiary/aromatic N) is 1. The first-order valence-electron chi connectivity index (χ1n) is 9.25. The molecule has 7 nitrogen and oxygen atoms in total. The lowest BCUT2D eigenvalue weighted by Crippen LogP contribution is -2.42. The highest BCUT2D eigenvalue weighted by molar-refractivity contribution is 6.30. The molecule has 0 bridgehead atoms. The van der Waals surface area contributed by atoms with Crippen molar-refractivity contribution in [2.45, 2.75) is 13.5 Å². The molecule has 2 amide bonds. The van der Waals surface area contributed by atoms with Crippen molar-refractivity contribution in [2.75, 3.05) is 6.61 Å². The number of rotatable bonds is 6. The van der Waals surface area contributed by atoms with Gasteiger partial charge in [-0.15, -0.1) is 0 Å². The van der Waals surface area contributed by atoms with Crippen molar-refractivity contribution >= 4 is 23.4 Å². The zero-order valence-electron chi connectivity index (χ0n) is 16.2. The molecule has 30 heavy (non-hydrogen) atoms. The fourth-order valence-electron chi connectivity index (χ4n) is 2.76. The molecule has 1 aromatic heterocycles. The van der Waals surface area contributed by atoms with E-state index in [9.17, 15) is 14.4 Å². The molecule has 3 aromatic rings. The van der Waals surface area contributed by atoms with Crippen LogP contribution in [0.25, 0.3) is 0 Å². The monoisotopic (exact) mass is 425 g/mol. The Labute approximate surface area is 178 Å². The Hall–Kier alpha value is -3.58. The molecule has 0 fully saturated rings. The van der Waals surface area contributed by atoms with Crippen molar-refractivity contribution in [3.63, 3.8) is 0 Å². The summed E-state index contributed by atoms with van der Waals surface area (Å²) >= 11 is 5.88. The molecule has 1 heterocycles. The van der Waals surface area contributed by atoms with Crippen LogP contribution in [0.1, 0.15) is 33.2 Å². The molecule has 0 unspecified atom stereocenters. The first-order valence-corrected chi connectivity index (χ1v) is 9.63. The van der Waals surface area contributed by atoms with E-state index in [4.69, 9.17) is 16.3 Å². The van der Waals surface area contributed by atoms with Crippen LogP contribution in [0.15, 0.2) is 71.7 Å². The zero-order chi connectivity index (χ0) is 21.5. The number of halogens is 1. The van der Waals surface area contributed by atoms with Gasteiger partial charge in [-0.25, -0.2) is 0 Å². The number of pyridine rings is 1. The van der Waals surface area contributed by atoms with Gasteiger partial charge in [-0.3, -0.25) is 25.2 Å². The van der Waals surface area contributed by atoms with Gasteiger partial charge in [0.15, 0.2) is 0 Å². The number of para-hydroxylation sites is 1. The van der Waals surface area contributed by atoms with Gasteiger partial charge in [0.2, 0.25) is 0 Å². The van der Waals surface area contributed by atoms with E-state index in [-0.39, 0.29) is 17.7 Å². The highest BCUT2D eigenvalue weighted by Crippen LogP contribution is 2.17. The van der Waals surface area contributed by atoms with Gasteiger partial charge >= 0.3 is 0 Å². The largest absolute Gasteiger partial charge is 0.493 e. The number of aromatic nitrogens is 1. The third-order valence-electron chi connectivity index (χ3n) is 4.23. The number of carbonyl (C=O) groups excluding carboxylic acids is 2. The normalized spacial score (nSPS) is 10.3. The quantitative estimate of drug-likeness (QED) is 0.594. The topological polar surface area (TPSA) is 89.4 Å². The molecule has 0 saturated carbocycles. The molecule has 0 aliphatic carbocycles. The van der Waals surface area contributed by atoms with Crippen LogP contribution >= 0.6 is 11.6 Å². The van der Waals surface area contributed by atoms with Gasteiger partial charge in [0.1, 0.15) is 5.75 Å². The predicted octanol–water partition coefficient (Wildman–Crippen LogP) is 3.02. The van der Waals surface area contributed by atoms with E-state index in [1.165, 1.54) is 22.9 Å². The SMILES string of the molecule is CCOc1ccccc1C(=O)NNC(=O)c1ccc(=O)n(Cc2ccc(Cl)cc2)c1. The number of hydrogen-bond donors (Lipinski definition) is 2. The highest BCUT2D eigenvalue weighted by Gasteiger charge is 2.14. The Morgan fingerprint density at radius 3 is 2.40 bits per heavy atom. The van der Waals surface area contributed by atoms with Crippen LogP contribution in [0.4, 0.5) is 0 Å². The molecule has 0 aliphatic rings. The van der Waals surface area contributed by atoms with Gasteiger partial charge in [-0.2, -0.15) is 0 Å². The van der Waals surface area contributed by atoms with Crippen LogP contribution in [-0.4, -0.2) is 23.0 Å². The number of ether oxygens (including phenoxy) is 1. The fourth-order valence-corrected chi connectivity index (χ4v) is 2.89. The third-order valence-corrected chi connectivity index (χ3v) is 4.48. The standard InChI is InChI=1S/C22H20ClN3O4/c1-2-30-19-6-4-3-5-18(19)22(29)25-24-21(28)16-9-12-20(27)26(14-16)13-15-7-10-17(23)11-8-15/h3-12,14H,2,13H2,1H3,(H,24,28)(H,25,29). The average molecular weight is 426 g/mol. The van der Waals surface area contributed by atoms with Crippen LogP contribution < -0.4 is 21.1 Å². The summed E-state index contributed by atoms with van der Waals surface area (Å²) in [6, 6.07) is 16.5. The minimum atomic E-state index is -0.554. The van der Waals surface area contributed by atoms with Gasteiger partial charge in [0, 0.05) is 17.3 Å². The molecule has 8 heteroatoms. The van der Waals surface area contributed by atoms with Crippen molar-refractivity contribution in [3.05, 3.63) is 98.9 Å². The Kier molecular flexibility index (Phi) is 6.87. The van der Waals surface area contributed by atoms with Gasteiger partial charge in [0.05, 0.1) is 24.3 Å².